The third kappa shape index (κ3) is 5.76. The minimum atomic E-state index is -3.51. The Morgan fingerprint density at radius 2 is 2.00 bits per heavy atom. The summed E-state index contributed by atoms with van der Waals surface area (Å²) in [5, 5.41) is 2.84. The number of carbonyl (C=O) groups excluding carboxylic acids is 1. The van der Waals surface area contributed by atoms with E-state index in [1.807, 2.05) is 6.92 Å². The van der Waals surface area contributed by atoms with Crippen LogP contribution in [0.2, 0.25) is 0 Å². The fourth-order valence-corrected chi connectivity index (χ4v) is 2.93. The highest BCUT2D eigenvalue weighted by Gasteiger charge is 2.28. The summed E-state index contributed by atoms with van der Waals surface area (Å²) in [6, 6.07) is 6.14. The first kappa shape index (κ1) is 21.9. The average Bonchev–Trinajstić information content (AvgIpc) is 2.47. The lowest BCUT2D eigenvalue weighted by Crippen LogP contribution is -2.52. The van der Waals surface area contributed by atoms with E-state index in [1.165, 1.54) is 13.1 Å². The Bertz CT molecular complexity index is 633. The van der Waals surface area contributed by atoms with Crippen molar-refractivity contribution in [2.24, 2.45) is 5.73 Å². The van der Waals surface area contributed by atoms with Gasteiger partial charge in [0, 0.05) is 0 Å². The van der Waals surface area contributed by atoms with E-state index < -0.39 is 15.6 Å². The third-order valence-corrected chi connectivity index (χ3v) is 4.98. The van der Waals surface area contributed by atoms with Gasteiger partial charge in [-0.1, -0.05) is 25.5 Å². The van der Waals surface area contributed by atoms with Crippen LogP contribution in [0.1, 0.15) is 45.2 Å². The van der Waals surface area contributed by atoms with Crippen LogP contribution in [0.25, 0.3) is 0 Å². The molecule has 0 aliphatic heterocycles. The van der Waals surface area contributed by atoms with Crippen molar-refractivity contribution in [3.05, 3.63) is 29.8 Å². The van der Waals surface area contributed by atoms with E-state index in [0.29, 0.717) is 12.0 Å². The summed E-state index contributed by atoms with van der Waals surface area (Å²) in [4.78, 5) is 12.4. The molecule has 1 aromatic carbocycles. The van der Waals surface area contributed by atoms with Gasteiger partial charge in [0.15, 0.2) is 0 Å². The Labute approximate surface area is 144 Å². The van der Waals surface area contributed by atoms with Gasteiger partial charge in [0.1, 0.15) is 0 Å². The van der Waals surface area contributed by atoms with Crippen LogP contribution in [0, 0.1) is 0 Å². The van der Waals surface area contributed by atoms with E-state index >= 15 is 0 Å². The minimum Gasteiger partial charge on any atom is -0.348 e. The van der Waals surface area contributed by atoms with Gasteiger partial charge in [-0.3, -0.25) is 4.79 Å². The predicted octanol–water partition coefficient (Wildman–Crippen LogP) is 1.71. The maximum absolute atomic E-state index is 12.2. The van der Waals surface area contributed by atoms with Crippen molar-refractivity contribution in [1.82, 2.24) is 10.0 Å². The second kappa shape index (κ2) is 8.63. The Hall–Kier alpha value is -1.15. The minimum absolute atomic E-state index is 0. The van der Waals surface area contributed by atoms with Crippen molar-refractivity contribution in [2.45, 2.75) is 50.1 Å². The lowest BCUT2D eigenvalue weighted by atomic mass is 9.95. The molecule has 0 saturated heterocycles. The van der Waals surface area contributed by atoms with E-state index in [2.05, 4.69) is 10.0 Å². The summed E-state index contributed by atoms with van der Waals surface area (Å²) in [7, 11) is -2.15. The van der Waals surface area contributed by atoms with Crippen molar-refractivity contribution >= 4 is 28.3 Å². The van der Waals surface area contributed by atoms with Crippen molar-refractivity contribution in [2.75, 3.05) is 7.05 Å². The van der Waals surface area contributed by atoms with E-state index in [0.717, 1.165) is 6.42 Å². The Balaban J connectivity index is 0.00000484. The number of amides is 1. The van der Waals surface area contributed by atoms with Gasteiger partial charge in [-0.25, -0.2) is 13.1 Å². The van der Waals surface area contributed by atoms with Crippen LogP contribution in [0.4, 0.5) is 0 Å². The zero-order valence-corrected chi connectivity index (χ0v) is 15.6. The van der Waals surface area contributed by atoms with Gasteiger partial charge in [0.2, 0.25) is 15.9 Å². The predicted molar refractivity (Wildman–Crippen MR) is 94.0 cm³/mol. The molecule has 0 aliphatic carbocycles. The second-order valence-corrected chi connectivity index (χ2v) is 7.53. The number of hydrogen-bond donors (Lipinski definition) is 3. The maximum atomic E-state index is 12.2. The summed E-state index contributed by atoms with van der Waals surface area (Å²) in [6.45, 7) is 5.46. The molecule has 2 atom stereocenters. The second-order valence-electron chi connectivity index (χ2n) is 5.64. The molecule has 6 nitrogen and oxygen atoms in total. The van der Waals surface area contributed by atoms with E-state index in [9.17, 15) is 13.2 Å². The van der Waals surface area contributed by atoms with Gasteiger partial charge >= 0.3 is 0 Å². The summed E-state index contributed by atoms with van der Waals surface area (Å²) < 4.78 is 25.9. The van der Waals surface area contributed by atoms with Gasteiger partial charge < -0.3 is 11.1 Å². The summed E-state index contributed by atoms with van der Waals surface area (Å²) >= 11 is 0. The zero-order valence-electron chi connectivity index (χ0n) is 13.9. The molecule has 0 aliphatic rings. The molecule has 132 valence electrons. The first-order valence-electron chi connectivity index (χ1n) is 7.27. The topological polar surface area (TPSA) is 101 Å². The molecule has 0 saturated carbocycles. The normalized spacial score (nSPS) is 15.2. The highest BCUT2D eigenvalue weighted by Crippen LogP contribution is 2.19. The van der Waals surface area contributed by atoms with E-state index in [1.54, 1.807) is 32.0 Å². The molecule has 0 heterocycles. The summed E-state index contributed by atoms with van der Waals surface area (Å²) in [5.41, 5.74) is 5.77. The fraction of sp³-hybridized carbons (Fsp3) is 0.533. The lowest BCUT2D eigenvalue weighted by Gasteiger charge is -2.25. The molecule has 0 spiro atoms. The molecule has 0 radical (unpaired) electrons. The van der Waals surface area contributed by atoms with Crippen molar-refractivity contribution in [1.29, 1.82) is 0 Å². The monoisotopic (exact) mass is 363 g/mol. The van der Waals surface area contributed by atoms with Crippen molar-refractivity contribution < 1.29 is 13.2 Å². The van der Waals surface area contributed by atoms with Gasteiger partial charge in [0.25, 0.3) is 0 Å². The number of hydrogen-bond acceptors (Lipinski definition) is 4. The van der Waals surface area contributed by atoms with Crippen LogP contribution in [-0.2, 0) is 14.8 Å². The SMILES string of the molecule is CCCC(C)(N)C(=O)NC(C)c1cccc(S(=O)(=O)NC)c1.Cl. The van der Waals surface area contributed by atoms with Crippen LogP contribution in [0.15, 0.2) is 29.2 Å². The molecule has 1 amide bonds. The maximum Gasteiger partial charge on any atom is 0.240 e. The standard InChI is InChI=1S/C15H25N3O3S.ClH/c1-5-9-15(3,16)14(19)18-11(2)12-7-6-8-13(10-12)22(20,21)17-4;/h6-8,10-11,17H,5,9,16H2,1-4H3,(H,18,19);1H. The Morgan fingerprint density at radius 3 is 2.52 bits per heavy atom. The van der Waals surface area contributed by atoms with Gasteiger partial charge in [-0.05, 0) is 45.0 Å². The number of nitrogens with one attached hydrogen (secondary N) is 2. The molecule has 8 heteroatoms. The first-order valence-corrected chi connectivity index (χ1v) is 8.75. The molecule has 1 aromatic rings. The molecular formula is C15H26ClN3O3S. The van der Waals surface area contributed by atoms with Crippen LogP contribution < -0.4 is 15.8 Å². The number of rotatable bonds is 7. The number of sulfonamides is 1. The van der Waals surface area contributed by atoms with Crippen molar-refractivity contribution in [3.63, 3.8) is 0 Å². The number of carbonyl (C=O) groups is 1. The van der Waals surface area contributed by atoms with Gasteiger partial charge in [0.05, 0.1) is 16.5 Å². The fourth-order valence-electron chi connectivity index (χ4n) is 2.15. The van der Waals surface area contributed by atoms with Crippen LogP contribution in [0.3, 0.4) is 0 Å². The molecule has 1 rings (SSSR count). The highest BCUT2D eigenvalue weighted by molar-refractivity contribution is 7.89. The van der Waals surface area contributed by atoms with Crippen LogP contribution in [-0.4, -0.2) is 26.9 Å². The smallest absolute Gasteiger partial charge is 0.240 e. The molecular weight excluding hydrogens is 338 g/mol. The molecule has 4 N–H and O–H groups in total. The summed E-state index contributed by atoms with van der Waals surface area (Å²) in [5.74, 6) is -0.247. The molecule has 0 bridgehead atoms. The number of benzene rings is 1. The molecule has 2 unspecified atom stereocenters. The Morgan fingerprint density at radius 1 is 1.39 bits per heavy atom. The summed E-state index contributed by atoms with van der Waals surface area (Å²) in [6.07, 6.45) is 1.39. The molecule has 0 aromatic heterocycles. The molecule has 23 heavy (non-hydrogen) atoms. The Kier molecular flexibility index (Phi) is 8.20. The highest BCUT2D eigenvalue weighted by atomic mass is 35.5. The van der Waals surface area contributed by atoms with Crippen LogP contribution >= 0.6 is 12.4 Å². The van der Waals surface area contributed by atoms with E-state index in [-0.39, 0.29) is 29.3 Å². The largest absolute Gasteiger partial charge is 0.348 e. The lowest BCUT2D eigenvalue weighted by molar-refractivity contribution is -0.126. The van der Waals surface area contributed by atoms with Gasteiger partial charge in [-0.15, -0.1) is 12.4 Å². The van der Waals surface area contributed by atoms with Crippen LogP contribution in [0.5, 0.6) is 0 Å². The van der Waals surface area contributed by atoms with Crippen molar-refractivity contribution in [3.8, 4) is 0 Å². The first-order chi connectivity index (χ1) is 10.1. The number of nitrogens with two attached hydrogens (primary N) is 1. The third-order valence-electron chi connectivity index (χ3n) is 3.57. The number of halogens is 1. The average molecular weight is 364 g/mol. The quantitative estimate of drug-likeness (QED) is 0.686. The molecule has 0 fully saturated rings. The van der Waals surface area contributed by atoms with E-state index in [4.69, 9.17) is 5.73 Å². The zero-order chi connectivity index (χ0) is 17.0. The van der Waals surface area contributed by atoms with Gasteiger partial charge in [-0.2, -0.15) is 0 Å².